The lowest BCUT2D eigenvalue weighted by atomic mass is 10.1. The Labute approximate surface area is 146 Å². The number of benzene rings is 2. The smallest absolute Gasteiger partial charge is 0.265 e. The minimum absolute atomic E-state index is 0.117. The van der Waals surface area contributed by atoms with Crippen molar-refractivity contribution in [1.82, 2.24) is 0 Å². The predicted octanol–water partition coefficient (Wildman–Crippen LogP) is 2.65. The molecule has 130 valence electrons. The summed E-state index contributed by atoms with van der Waals surface area (Å²) in [7, 11) is 3.93. The Balaban J connectivity index is 1.65. The third kappa shape index (κ3) is 3.91. The summed E-state index contributed by atoms with van der Waals surface area (Å²) in [4.78, 5) is 25.9. The summed E-state index contributed by atoms with van der Waals surface area (Å²) < 4.78 is 5.51. The predicted molar refractivity (Wildman–Crippen MR) is 98.3 cm³/mol. The van der Waals surface area contributed by atoms with Crippen LogP contribution < -0.4 is 20.3 Å². The molecule has 25 heavy (non-hydrogen) atoms. The van der Waals surface area contributed by atoms with Crippen molar-refractivity contribution < 1.29 is 14.3 Å². The van der Waals surface area contributed by atoms with Gasteiger partial charge in [0.05, 0.1) is 12.1 Å². The highest BCUT2D eigenvalue weighted by atomic mass is 16.5. The van der Waals surface area contributed by atoms with Crippen LogP contribution in [0.1, 0.15) is 12.5 Å². The summed E-state index contributed by atoms with van der Waals surface area (Å²) in [5, 5.41) is 5.67. The molecule has 1 aliphatic heterocycles. The van der Waals surface area contributed by atoms with Gasteiger partial charge in [0.2, 0.25) is 5.91 Å². The molecule has 0 saturated carbocycles. The molecule has 0 aromatic heterocycles. The van der Waals surface area contributed by atoms with Crippen molar-refractivity contribution in [2.24, 2.45) is 0 Å². The average molecular weight is 339 g/mol. The Hall–Kier alpha value is -3.02. The number of anilines is 3. The SMILES string of the molecule is CC1Oc2ccc(CC(=O)Nc3ccc(N(C)C)cc3)cc2NC1=O. The highest BCUT2D eigenvalue weighted by Crippen LogP contribution is 2.30. The van der Waals surface area contributed by atoms with E-state index in [0.29, 0.717) is 11.4 Å². The van der Waals surface area contributed by atoms with Gasteiger partial charge in [-0.05, 0) is 48.9 Å². The Kier molecular flexibility index (Phi) is 4.61. The number of hydrogen-bond donors (Lipinski definition) is 2. The van der Waals surface area contributed by atoms with Gasteiger partial charge in [-0.2, -0.15) is 0 Å². The highest BCUT2D eigenvalue weighted by molar-refractivity contribution is 5.98. The molecule has 6 heteroatoms. The number of nitrogens with zero attached hydrogens (tertiary/aromatic N) is 1. The first-order valence-electron chi connectivity index (χ1n) is 8.10. The minimum atomic E-state index is -0.508. The molecule has 3 rings (SSSR count). The van der Waals surface area contributed by atoms with E-state index in [9.17, 15) is 9.59 Å². The van der Waals surface area contributed by atoms with Crippen LogP contribution in [0.5, 0.6) is 5.75 Å². The summed E-state index contributed by atoms with van der Waals surface area (Å²) in [6, 6.07) is 13.0. The van der Waals surface area contributed by atoms with Crippen LogP contribution in [0.25, 0.3) is 0 Å². The van der Waals surface area contributed by atoms with E-state index in [-0.39, 0.29) is 18.2 Å². The van der Waals surface area contributed by atoms with E-state index in [1.165, 1.54) is 0 Å². The fourth-order valence-corrected chi connectivity index (χ4v) is 2.60. The summed E-state index contributed by atoms with van der Waals surface area (Å²) in [6.45, 7) is 1.70. The molecule has 1 heterocycles. The van der Waals surface area contributed by atoms with E-state index < -0.39 is 6.10 Å². The second-order valence-corrected chi connectivity index (χ2v) is 6.25. The number of carbonyl (C=O) groups is 2. The number of ether oxygens (including phenoxy) is 1. The molecule has 2 amide bonds. The number of fused-ring (bicyclic) bond motifs is 1. The number of carbonyl (C=O) groups excluding carboxylic acids is 2. The first-order valence-corrected chi connectivity index (χ1v) is 8.10. The van der Waals surface area contributed by atoms with Crippen molar-refractivity contribution in [2.45, 2.75) is 19.4 Å². The summed E-state index contributed by atoms with van der Waals surface area (Å²) in [6.07, 6.45) is -0.291. The molecule has 2 N–H and O–H groups in total. The van der Waals surface area contributed by atoms with Gasteiger partial charge >= 0.3 is 0 Å². The molecule has 0 fully saturated rings. The fourth-order valence-electron chi connectivity index (χ4n) is 2.60. The Bertz CT molecular complexity index is 800. The van der Waals surface area contributed by atoms with E-state index in [1.54, 1.807) is 19.1 Å². The molecule has 1 unspecified atom stereocenters. The van der Waals surface area contributed by atoms with Crippen LogP contribution in [0, 0.1) is 0 Å². The largest absolute Gasteiger partial charge is 0.479 e. The van der Waals surface area contributed by atoms with Crippen molar-refractivity contribution in [1.29, 1.82) is 0 Å². The standard InChI is InChI=1S/C19H21N3O3/c1-12-19(24)21-16-10-13(4-9-17(16)25-12)11-18(23)20-14-5-7-15(8-6-14)22(2)3/h4-10,12H,11H2,1-3H3,(H,20,23)(H,21,24). The average Bonchev–Trinajstić information content (AvgIpc) is 2.56. The van der Waals surface area contributed by atoms with E-state index in [0.717, 1.165) is 16.9 Å². The van der Waals surface area contributed by atoms with Crippen LogP contribution in [0.4, 0.5) is 17.1 Å². The summed E-state index contributed by atoms with van der Waals surface area (Å²) in [5.74, 6) is 0.319. The quantitative estimate of drug-likeness (QED) is 0.898. The molecule has 0 spiro atoms. The van der Waals surface area contributed by atoms with Gasteiger partial charge in [0.15, 0.2) is 6.10 Å². The van der Waals surface area contributed by atoms with Crippen molar-refractivity contribution in [3.8, 4) is 5.75 Å². The van der Waals surface area contributed by atoms with Crippen LogP contribution in [0.3, 0.4) is 0 Å². The van der Waals surface area contributed by atoms with Gasteiger partial charge in [0.25, 0.3) is 5.91 Å². The number of amides is 2. The van der Waals surface area contributed by atoms with E-state index in [1.807, 2.05) is 49.3 Å². The van der Waals surface area contributed by atoms with Gasteiger partial charge in [0, 0.05) is 25.5 Å². The molecule has 2 aromatic carbocycles. The van der Waals surface area contributed by atoms with Crippen LogP contribution in [-0.4, -0.2) is 32.0 Å². The van der Waals surface area contributed by atoms with Crippen molar-refractivity contribution >= 4 is 28.9 Å². The molecule has 0 bridgehead atoms. The molecular weight excluding hydrogens is 318 g/mol. The Morgan fingerprint density at radius 2 is 1.92 bits per heavy atom. The van der Waals surface area contributed by atoms with Crippen LogP contribution >= 0.6 is 0 Å². The lowest BCUT2D eigenvalue weighted by Gasteiger charge is -2.23. The first kappa shape index (κ1) is 16.8. The first-order chi connectivity index (χ1) is 11.9. The maximum atomic E-state index is 12.2. The molecule has 1 aliphatic rings. The van der Waals surface area contributed by atoms with Crippen molar-refractivity contribution in [3.05, 3.63) is 48.0 Å². The molecule has 2 aromatic rings. The zero-order valence-electron chi connectivity index (χ0n) is 14.5. The number of nitrogens with one attached hydrogen (secondary N) is 2. The lowest BCUT2D eigenvalue weighted by Crippen LogP contribution is -2.34. The highest BCUT2D eigenvalue weighted by Gasteiger charge is 2.23. The third-order valence-electron chi connectivity index (χ3n) is 4.01. The van der Waals surface area contributed by atoms with Crippen molar-refractivity contribution in [3.63, 3.8) is 0 Å². The second kappa shape index (κ2) is 6.84. The maximum Gasteiger partial charge on any atom is 0.265 e. The number of rotatable bonds is 4. The topological polar surface area (TPSA) is 70.7 Å². The maximum absolute atomic E-state index is 12.2. The van der Waals surface area contributed by atoms with E-state index >= 15 is 0 Å². The molecule has 0 saturated heterocycles. The third-order valence-corrected chi connectivity index (χ3v) is 4.01. The fraction of sp³-hybridized carbons (Fsp3) is 0.263. The molecular formula is C19H21N3O3. The molecule has 1 atom stereocenters. The summed E-state index contributed by atoms with van der Waals surface area (Å²) in [5.41, 5.74) is 3.22. The zero-order chi connectivity index (χ0) is 18.0. The monoisotopic (exact) mass is 339 g/mol. The molecule has 0 aliphatic carbocycles. The minimum Gasteiger partial charge on any atom is -0.479 e. The van der Waals surface area contributed by atoms with Gasteiger partial charge in [0.1, 0.15) is 5.75 Å². The van der Waals surface area contributed by atoms with Gasteiger partial charge in [-0.3, -0.25) is 9.59 Å². The molecule has 6 nitrogen and oxygen atoms in total. The van der Waals surface area contributed by atoms with Gasteiger partial charge in [-0.1, -0.05) is 6.07 Å². The van der Waals surface area contributed by atoms with Crippen LogP contribution in [0.2, 0.25) is 0 Å². The van der Waals surface area contributed by atoms with Crippen LogP contribution in [-0.2, 0) is 16.0 Å². The molecule has 0 radical (unpaired) electrons. The van der Waals surface area contributed by atoms with Crippen LogP contribution in [0.15, 0.2) is 42.5 Å². The Morgan fingerprint density at radius 1 is 1.20 bits per heavy atom. The van der Waals surface area contributed by atoms with Gasteiger partial charge < -0.3 is 20.3 Å². The van der Waals surface area contributed by atoms with Crippen molar-refractivity contribution in [2.75, 3.05) is 29.6 Å². The van der Waals surface area contributed by atoms with E-state index in [4.69, 9.17) is 4.74 Å². The number of hydrogen-bond acceptors (Lipinski definition) is 4. The Morgan fingerprint density at radius 3 is 2.60 bits per heavy atom. The lowest BCUT2D eigenvalue weighted by molar-refractivity contribution is -0.122. The van der Waals surface area contributed by atoms with Gasteiger partial charge in [-0.15, -0.1) is 0 Å². The normalized spacial score (nSPS) is 15.6. The second-order valence-electron chi connectivity index (χ2n) is 6.25. The van der Waals surface area contributed by atoms with E-state index in [2.05, 4.69) is 10.6 Å². The zero-order valence-corrected chi connectivity index (χ0v) is 14.5. The summed E-state index contributed by atoms with van der Waals surface area (Å²) >= 11 is 0. The van der Waals surface area contributed by atoms with Gasteiger partial charge in [-0.25, -0.2) is 0 Å².